The van der Waals surface area contributed by atoms with Crippen LogP contribution in [0.1, 0.15) is 5.69 Å². The van der Waals surface area contributed by atoms with E-state index in [2.05, 4.69) is 10.3 Å². The third-order valence-corrected chi connectivity index (χ3v) is 2.34. The Labute approximate surface area is 92.4 Å². The van der Waals surface area contributed by atoms with Crippen molar-refractivity contribution < 1.29 is 4.74 Å². The maximum absolute atomic E-state index is 5.78. The van der Waals surface area contributed by atoms with E-state index in [0.717, 1.165) is 17.1 Å². The molecular weight excluding hydrogens is 214 g/mol. The lowest BCUT2D eigenvalue weighted by Crippen LogP contribution is -2.02. The number of nitrogens with zero attached hydrogens (tertiary/aromatic N) is 3. The van der Waals surface area contributed by atoms with Crippen LogP contribution in [0.5, 0.6) is 5.75 Å². The standard InChI is InChI=1S/C10H10ClN3O/c1-15-10-5-3-2-4-9(10)14-8(6-11)7-12-13-14/h2-5,7H,6H2,1H3. The number of halogens is 1. The van der Waals surface area contributed by atoms with Crippen molar-refractivity contribution in [3.8, 4) is 11.4 Å². The van der Waals surface area contributed by atoms with Crippen LogP contribution in [-0.4, -0.2) is 22.1 Å². The molecule has 0 aliphatic heterocycles. The molecule has 5 heteroatoms. The Bertz CT molecular complexity index is 455. The minimum absolute atomic E-state index is 0.366. The van der Waals surface area contributed by atoms with Gasteiger partial charge in [-0.1, -0.05) is 17.3 Å². The first-order valence-corrected chi connectivity index (χ1v) is 4.99. The van der Waals surface area contributed by atoms with Crippen molar-refractivity contribution >= 4 is 11.6 Å². The van der Waals surface area contributed by atoms with Crippen LogP contribution in [0.2, 0.25) is 0 Å². The van der Waals surface area contributed by atoms with Gasteiger partial charge in [-0.25, -0.2) is 4.68 Å². The highest BCUT2D eigenvalue weighted by Gasteiger charge is 2.09. The molecule has 0 atom stereocenters. The SMILES string of the molecule is COc1ccccc1-n1nncc1CCl. The van der Waals surface area contributed by atoms with Gasteiger partial charge in [0.1, 0.15) is 11.4 Å². The summed E-state index contributed by atoms with van der Waals surface area (Å²) in [6, 6.07) is 7.59. The molecule has 2 aromatic rings. The van der Waals surface area contributed by atoms with Crippen LogP contribution in [0.4, 0.5) is 0 Å². The number of para-hydroxylation sites is 2. The molecule has 0 radical (unpaired) electrons. The normalized spacial score (nSPS) is 10.3. The monoisotopic (exact) mass is 223 g/mol. The lowest BCUT2D eigenvalue weighted by molar-refractivity contribution is 0.411. The van der Waals surface area contributed by atoms with Gasteiger partial charge in [-0.2, -0.15) is 0 Å². The highest BCUT2D eigenvalue weighted by atomic mass is 35.5. The maximum atomic E-state index is 5.78. The number of rotatable bonds is 3. The predicted molar refractivity (Wildman–Crippen MR) is 57.5 cm³/mol. The minimum atomic E-state index is 0.366. The average Bonchev–Trinajstić information content (AvgIpc) is 2.76. The number of benzene rings is 1. The number of ether oxygens (including phenoxy) is 1. The number of hydrogen-bond acceptors (Lipinski definition) is 3. The van der Waals surface area contributed by atoms with Gasteiger partial charge in [0.15, 0.2) is 0 Å². The van der Waals surface area contributed by atoms with E-state index in [0.29, 0.717) is 5.88 Å². The first kappa shape index (κ1) is 9.98. The van der Waals surface area contributed by atoms with Gasteiger partial charge >= 0.3 is 0 Å². The third kappa shape index (κ3) is 1.80. The molecule has 0 aliphatic rings. The molecular formula is C10H10ClN3O. The zero-order valence-electron chi connectivity index (χ0n) is 8.22. The molecule has 1 heterocycles. The second-order valence-corrected chi connectivity index (χ2v) is 3.21. The van der Waals surface area contributed by atoms with Crippen LogP contribution in [0.3, 0.4) is 0 Å². The lowest BCUT2D eigenvalue weighted by Gasteiger charge is -2.08. The highest BCUT2D eigenvalue weighted by Crippen LogP contribution is 2.22. The van der Waals surface area contributed by atoms with Crippen molar-refractivity contribution in [3.05, 3.63) is 36.2 Å². The molecule has 1 aromatic heterocycles. The van der Waals surface area contributed by atoms with Gasteiger partial charge in [0.2, 0.25) is 0 Å². The fourth-order valence-electron chi connectivity index (χ4n) is 1.35. The molecule has 0 spiro atoms. The van der Waals surface area contributed by atoms with Crippen molar-refractivity contribution in [2.24, 2.45) is 0 Å². The van der Waals surface area contributed by atoms with Crippen molar-refractivity contribution in [1.82, 2.24) is 15.0 Å². The van der Waals surface area contributed by atoms with Crippen LogP contribution in [0.15, 0.2) is 30.5 Å². The number of alkyl halides is 1. The predicted octanol–water partition coefficient (Wildman–Crippen LogP) is 2.01. The average molecular weight is 224 g/mol. The quantitative estimate of drug-likeness (QED) is 0.748. The Kier molecular flexibility index (Phi) is 2.87. The first-order chi connectivity index (χ1) is 7.36. The van der Waals surface area contributed by atoms with Crippen LogP contribution in [0, 0.1) is 0 Å². The topological polar surface area (TPSA) is 39.9 Å². The van der Waals surface area contributed by atoms with E-state index in [1.807, 2.05) is 24.3 Å². The summed E-state index contributed by atoms with van der Waals surface area (Å²) in [5.41, 5.74) is 1.68. The summed E-state index contributed by atoms with van der Waals surface area (Å²) in [5, 5.41) is 7.79. The first-order valence-electron chi connectivity index (χ1n) is 4.45. The Hall–Kier alpha value is -1.55. The highest BCUT2D eigenvalue weighted by molar-refractivity contribution is 6.16. The molecule has 0 saturated heterocycles. The van der Waals surface area contributed by atoms with E-state index in [4.69, 9.17) is 16.3 Å². The fourth-order valence-corrected chi connectivity index (χ4v) is 1.54. The van der Waals surface area contributed by atoms with Gasteiger partial charge in [-0.3, -0.25) is 0 Å². The smallest absolute Gasteiger partial charge is 0.144 e. The number of methoxy groups -OCH3 is 1. The van der Waals surface area contributed by atoms with Crippen molar-refractivity contribution in [1.29, 1.82) is 0 Å². The van der Waals surface area contributed by atoms with Crippen molar-refractivity contribution in [2.75, 3.05) is 7.11 Å². The summed E-state index contributed by atoms with van der Waals surface area (Å²) in [4.78, 5) is 0. The minimum Gasteiger partial charge on any atom is -0.494 e. The summed E-state index contributed by atoms with van der Waals surface area (Å²) >= 11 is 5.78. The number of aromatic nitrogens is 3. The van der Waals surface area contributed by atoms with E-state index < -0.39 is 0 Å². The van der Waals surface area contributed by atoms with Gasteiger partial charge in [-0.15, -0.1) is 16.7 Å². The van der Waals surface area contributed by atoms with E-state index >= 15 is 0 Å². The molecule has 2 rings (SSSR count). The molecule has 0 unspecified atom stereocenters. The molecule has 0 N–H and O–H groups in total. The Morgan fingerprint density at radius 3 is 2.93 bits per heavy atom. The van der Waals surface area contributed by atoms with Gasteiger partial charge in [0, 0.05) is 0 Å². The largest absolute Gasteiger partial charge is 0.494 e. The van der Waals surface area contributed by atoms with Crippen LogP contribution < -0.4 is 4.74 Å². The van der Waals surface area contributed by atoms with E-state index in [9.17, 15) is 0 Å². The molecule has 0 fully saturated rings. The van der Waals surface area contributed by atoms with E-state index in [1.54, 1.807) is 18.0 Å². The lowest BCUT2D eigenvalue weighted by atomic mass is 10.3. The molecule has 4 nitrogen and oxygen atoms in total. The molecule has 0 amide bonds. The van der Waals surface area contributed by atoms with E-state index in [1.165, 1.54) is 0 Å². The second kappa shape index (κ2) is 4.31. The zero-order valence-corrected chi connectivity index (χ0v) is 8.98. The Morgan fingerprint density at radius 2 is 2.20 bits per heavy atom. The summed E-state index contributed by atoms with van der Waals surface area (Å²) in [6.07, 6.45) is 1.64. The summed E-state index contributed by atoms with van der Waals surface area (Å²) in [6.45, 7) is 0. The summed E-state index contributed by atoms with van der Waals surface area (Å²) in [5.74, 6) is 1.11. The summed E-state index contributed by atoms with van der Waals surface area (Å²) < 4.78 is 6.91. The molecule has 0 bridgehead atoms. The molecule has 1 aromatic carbocycles. The molecule has 78 valence electrons. The van der Waals surface area contributed by atoms with Crippen molar-refractivity contribution in [3.63, 3.8) is 0 Å². The summed E-state index contributed by atoms with van der Waals surface area (Å²) in [7, 11) is 1.62. The van der Waals surface area contributed by atoms with E-state index in [-0.39, 0.29) is 0 Å². The zero-order chi connectivity index (χ0) is 10.7. The van der Waals surface area contributed by atoms with Gasteiger partial charge in [-0.05, 0) is 12.1 Å². The maximum Gasteiger partial charge on any atom is 0.144 e. The van der Waals surface area contributed by atoms with Gasteiger partial charge < -0.3 is 4.74 Å². The number of hydrogen-bond donors (Lipinski definition) is 0. The van der Waals surface area contributed by atoms with Crippen LogP contribution >= 0.6 is 11.6 Å². The van der Waals surface area contributed by atoms with Gasteiger partial charge in [0.25, 0.3) is 0 Å². The molecule has 15 heavy (non-hydrogen) atoms. The van der Waals surface area contributed by atoms with Crippen LogP contribution in [-0.2, 0) is 5.88 Å². The van der Waals surface area contributed by atoms with Crippen molar-refractivity contribution in [2.45, 2.75) is 5.88 Å². The molecule has 0 saturated carbocycles. The molecule has 0 aliphatic carbocycles. The van der Waals surface area contributed by atoms with Crippen LogP contribution in [0.25, 0.3) is 5.69 Å². The Balaban J connectivity index is 2.53. The fraction of sp³-hybridized carbons (Fsp3) is 0.200. The van der Waals surface area contributed by atoms with Gasteiger partial charge in [0.05, 0.1) is 24.9 Å². The third-order valence-electron chi connectivity index (χ3n) is 2.07. The Morgan fingerprint density at radius 1 is 1.40 bits per heavy atom. The second-order valence-electron chi connectivity index (χ2n) is 2.94.